The van der Waals surface area contributed by atoms with Crippen LogP contribution in [0.2, 0.25) is 0 Å². The first-order valence-corrected chi connectivity index (χ1v) is 6.13. The van der Waals surface area contributed by atoms with E-state index in [0.717, 1.165) is 5.00 Å². The molecule has 0 atom stereocenters. The standard InChI is InChI=1S/C12H18N2O2S/c1-7(2)5-6-14-12-10(16-4)9(13)11(17-12)8(3)15/h5,14H,6,13H2,1-4H3. The van der Waals surface area contributed by atoms with Gasteiger partial charge in [0.1, 0.15) is 5.00 Å². The van der Waals surface area contributed by atoms with Gasteiger partial charge in [-0.2, -0.15) is 0 Å². The Labute approximate surface area is 105 Å². The molecule has 5 heteroatoms. The fourth-order valence-electron chi connectivity index (χ4n) is 1.36. The quantitative estimate of drug-likeness (QED) is 0.626. The van der Waals surface area contributed by atoms with Crippen LogP contribution in [0, 0.1) is 0 Å². The second-order valence-corrected chi connectivity index (χ2v) is 4.95. The van der Waals surface area contributed by atoms with E-state index in [1.807, 2.05) is 13.8 Å². The highest BCUT2D eigenvalue weighted by atomic mass is 32.1. The van der Waals surface area contributed by atoms with Crippen LogP contribution in [0.4, 0.5) is 10.7 Å². The molecule has 1 aromatic heterocycles. The monoisotopic (exact) mass is 254 g/mol. The lowest BCUT2D eigenvalue weighted by atomic mass is 10.3. The van der Waals surface area contributed by atoms with Gasteiger partial charge in [0.25, 0.3) is 0 Å². The van der Waals surface area contributed by atoms with Gasteiger partial charge in [-0.1, -0.05) is 11.6 Å². The van der Waals surface area contributed by atoms with Gasteiger partial charge >= 0.3 is 0 Å². The Morgan fingerprint density at radius 1 is 1.47 bits per heavy atom. The number of allylic oxidation sites excluding steroid dienone is 1. The van der Waals surface area contributed by atoms with E-state index in [1.165, 1.54) is 23.8 Å². The molecule has 0 amide bonds. The number of ketones is 1. The molecule has 0 aliphatic carbocycles. The molecule has 3 N–H and O–H groups in total. The predicted octanol–water partition coefficient (Wildman–Crippen LogP) is 2.92. The molecule has 4 nitrogen and oxygen atoms in total. The molecule has 0 aliphatic rings. The lowest BCUT2D eigenvalue weighted by Gasteiger charge is -2.04. The third-order valence-corrected chi connectivity index (χ3v) is 3.44. The highest BCUT2D eigenvalue weighted by Gasteiger charge is 2.18. The van der Waals surface area contributed by atoms with Gasteiger partial charge < -0.3 is 15.8 Å². The predicted molar refractivity (Wildman–Crippen MR) is 73.2 cm³/mol. The number of hydrogen-bond acceptors (Lipinski definition) is 5. The minimum atomic E-state index is -0.0407. The van der Waals surface area contributed by atoms with Gasteiger partial charge in [-0.3, -0.25) is 4.79 Å². The summed E-state index contributed by atoms with van der Waals surface area (Å²) in [4.78, 5) is 11.9. The summed E-state index contributed by atoms with van der Waals surface area (Å²) in [6, 6.07) is 0. The first kappa shape index (κ1) is 13.6. The van der Waals surface area contributed by atoms with E-state index < -0.39 is 0 Å². The second-order valence-electron chi connectivity index (χ2n) is 3.93. The summed E-state index contributed by atoms with van der Waals surface area (Å²) in [5.41, 5.74) is 7.51. The number of rotatable bonds is 5. The van der Waals surface area contributed by atoms with Crippen LogP contribution in [0.15, 0.2) is 11.6 Å². The van der Waals surface area contributed by atoms with Crippen molar-refractivity contribution >= 4 is 27.8 Å². The number of nitrogens with two attached hydrogens (primary N) is 1. The Morgan fingerprint density at radius 2 is 2.12 bits per heavy atom. The van der Waals surface area contributed by atoms with E-state index in [9.17, 15) is 4.79 Å². The van der Waals surface area contributed by atoms with Gasteiger partial charge in [0.15, 0.2) is 11.5 Å². The number of ether oxygens (including phenoxy) is 1. The first-order valence-electron chi connectivity index (χ1n) is 5.31. The van der Waals surface area contributed by atoms with E-state index in [-0.39, 0.29) is 5.78 Å². The molecular formula is C12H18N2O2S. The van der Waals surface area contributed by atoms with Gasteiger partial charge in [0, 0.05) is 13.5 Å². The number of Topliss-reactive ketones (excluding diaryl/α,β-unsaturated/α-hetero) is 1. The summed E-state index contributed by atoms with van der Waals surface area (Å²) in [6.45, 7) is 6.25. The summed E-state index contributed by atoms with van der Waals surface area (Å²) >= 11 is 1.33. The number of nitrogens with one attached hydrogen (secondary N) is 1. The number of thiophene rings is 1. The number of methoxy groups -OCH3 is 1. The summed E-state index contributed by atoms with van der Waals surface area (Å²) in [6.07, 6.45) is 2.06. The molecule has 0 unspecified atom stereocenters. The maximum absolute atomic E-state index is 11.4. The van der Waals surface area contributed by atoms with Crippen molar-refractivity contribution in [2.24, 2.45) is 0 Å². The van der Waals surface area contributed by atoms with Crippen LogP contribution in [0.1, 0.15) is 30.4 Å². The fourth-order valence-corrected chi connectivity index (χ4v) is 2.35. The van der Waals surface area contributed by atoms with E-state index in [2.05, 4.69) is 11.4 Å². The maximum atomic E-state index is 11.4. The largest absolute Gasteiger partial charge is 0.492 e. The van der Waals surface area contributed by atoms with E-state index in [4.69, 9.17) is 10.5 Å². The minimum Gasteiger partial charge on any atom is -0.492 e. The molecule has 0 aliphatic heterocycles. The molecule has 1 rings (SSSR count). The van der Waals surface area contributed by atoms with Crippen LogP contribution < -0.4 is 15.8 Å². The van der Waals surface area contributed by atoms with Crippen molar-refractivity contribution in [2.75, 3.05) is 24.7 Å². The molecule has 94 valence electrons. The summed E-state index contributed by atoms with van der Waals surface area (Å²) in [7, 11) is 1.55. The molecular weight excluding hydrogens is 236 g/mol. The lowest BCUT2D eigenvalue weighted by molar-refractivity contribution is 0.102. The maximum Gasteiger partial charge on any atom is 0.176 e. The van der Waals surface area contributed by atoms with E-state index >= 15 is 0 Å². The number of carbonyl (C=O) groups is 1. The fraction of sp³-hybridized carbons (Fsp3) is 0.417. The van der Waals surface area contributed by atoms with Crippen molar-refractivity contribution < 1.29 is 9.53 Å². The third kappa shape index (κ3) is 3.23. The van der Waals surface area contributed by atoms with Crippen molar-refractivity contribution in [1.29, 1.82) is 0 Å². The number of anilines is 2. The van der Waals surface area contributed by atoms with Crippen LogP contribution in [0.3, 0.4) is 0 Å². The van der Waals surface area contributed by atoms with Crippen molar-refractivity contribution in [3.8, 4) is 5.75 Å². The normalized spacial score (nSPS) is 9.88. The second kappa shape index (κ2) is 5.72. The summed E-state index contributed by atoms with van der Waals surface area (Å²) in [5.74, 6) is 0.517. The van der Waals surface area contributed by atoms with E-state index in [1.54, 1.807) is 7.11 Å². The highest BCUT2D eigenvalue weighted by molar-refractivity contribution is 7.19. The molecule has 1 heterocycles. The van der Waals surface area contributed by atoms with E-state index in [0.29, 0.717) is 22.9 Å². The SMILES string of the molecule is COc1c(NCC=C(C)C)sc(C(C)=O)c1N. The molecule has 0 fully saturated rings. The van der Waals surface area contributed by atoms with Crippen molar-refractivity contribution in [2.45, 2.75) is 20.8 Å². The van der Waals surface area contributed by atoms with Gasteiger partial charge in [0.05, 0.1) is 17.7 Å². The van der Waals surface area contributed by atoms with Crippen LogP contribution in [-0.4, -0.2) is 19.4 Å². The average Bonchev–Trinajstić information content (AvgIpc) is 2.54. The zero-order chi connectivity index (χ0) is 13.0. The van der Waals surface area contributed by atoms with Crippen LogP contribution in [0.5, 0.6) is 5.75 Å². The molecule has 17 heavy (non-hydrogen) atoms. The molecule has 0 radical (unpaired) electrons. The Hall–Kier alpha value is -1.49. The van der Waals surface area contributed by atoms with Crippen molar-refractivity contribution in [3.05, 3.63) is 16.5 Å². The van der Waals surface area contributed by atoms with Crippen LogP contribution >= 0.6 is 11.3 Å². The Kier molecular flexibility index (Phi) is 4.57. The van der Waals surface area contributed by atoms with Crippen molar-refractivity contribution in [3.63, 3.8) is 0 Å². The third-order valence-electron chi connectivity index (χ3n) is 2.20. The average molecular weight is 254 g/mol. The molecule has 1 aromatic rings. The van der Waals surface area contributed by atoms with Gasteiger partial charge in [-0.25, -0.2) is 0 Å². The molecule has 0 bridgehead atoms. The Bertz CT molecular complexity index is 446. The zero-order valence-electron chi connectivity index (χ0n) is 10.6. The molecule has 0 saturated carbocycles. The summed E-state index contributed by atoms with van der Waals surface area (Å²) in [5, 5.41) is 4.00. The Balaban J connectivity index is 2.95. The van der Waals surface area contributed by atoms with Crippen LogP contribution in [0.25, 0.3) is 0 Å². The molecule has 0 aromatic carbocycles. The van der Waals surface area contributed by atoms with Crippen molar-refractivity contribution in [1.82, 2.24) is 0 Å². The lowest BCUT2D eigenvalue weighted by Crippen LogP contribution is -1.99. The van der Waals surface area contributed by atoms with Gasteiger partial charge in [-0.05, 0) is 13.8 Å². The minimum absolute atomic E-state index is 0.0407. The molecule has 0 saturated heterocycles. The first-order chi connectivity index (χ1) is 7.97. The number of carbonyl (C=O) groups excluding carboxylic acids is 1. The number of nitrogen functional groups attached to an aromatic ring is 1. The zero-order valence-corrected chi connectivity index (χ0v) is 11.4. The number of hydrogen-bond donors (Lipinski definition) is 2. The smallest absolute Gasteiger partial charge is 0.176 e. The van der Waals surface area contributed by atoms with Crippen LogP contribution in [-0.2, 0) is 0 Å². The molecule has 0 spiro atoms. The topological polar surface area (TPSA) is 64.3 Å². The Morgan fingerprint density at radius 3 is 2.59 bits per heavy atom. The van der Waals surface area contributed by atoms with Gasteiger partial charge in [-0.15, -0.1) is 11.3 Å². The summed E-state index contributed by atoms with van der Waals surface area (Å²) < 4.78 is 5.21. The highest BCUT2D eigenvalue weighted by Crippen LogP contribution is 2.42. The van der Waals surface area contributed by atoms with Gasteiger partial charge in [0.2, 0.25) is 0 Å².